The molecule has 0 radical (unpaired) electrons. The van der Waals surface area contributed by atoms with E-state index in [4.69, 9.17) is 5.84 Å². The Bertz CT molecular complexity index is 405. The van der Waals surface area contributed by atoms with Crippen LogP contribution in [0.5, 0.6) is 0 Å². The van der Waals surface area contributed by atoms with Crippen molar-refractivity contribution in [3.63, 3.8) is 0 Å². The molecule has 3 atom stereocenters. The minimum Gasteiger partial charge on any atom is -0.271 e. The summed E-state index contributed by atoms with van der Waals surface area (Å²) in [5, 5.41) is 0. The number of aryl methyl sites for hydroxylation is 1. The fourth-order valence-corrected chi connectivity index (χ4v) is 3.21. The number of nitrogens with two attached hydrogens (primary N) is 1. The average molecular weight is 250 g/mol. The van der Waals surface area contributed by atoms with Gasteiger partial charge in [-0.25, -0.2) is 4.39 Å². The molecular weight excluding hydrogens is 227 g/mol. The zero-order chi connectivity index (χ0) is 13.1. The highest BCUT2D eigenvalue weighted by atomic mass is 19.1. The van der Waals surface area contributed by atoms with E-state index in [1.807, 2.05) is 13.0 Å². The predicted molar refractivity (Wildman–Crippen MR) is 72.3 cm³/mol. The van der Waals surface area contributed by atoms with Crippen LogP contribution in [0.4, 0.5) is 4.39 Å². The maximum absolute atomic E-state index is 13.4. The Balaban J connectivity index is 2.24. The Morgan fingerprint density at radius 3 is 2.83 bits per heavy atom. The van der Waals surface area contributed by atoms with Gasteiger partial charge < -0.3 is 0 Å². The number of hydrazine groups is 1. The lowest BCUT2D eigenvalue weighted by Crippen LogP contribution is -2.36. The van der Waals surface area contributed by atoms with Crippen LogP contribution < -0.4 is 11.3 Å². The van der Waals surface area contributed by atoms with E-state index in [9.17, 15) is 4.39 Å². The summed E-state index contributed by atoms with van der Waals surface area (Å²) >= 11 is 0. The van der Waals surface area contributed by atoms with Gasteiger partial charge in [-0.1, -0.05) is 25.8 Å². The van der Waals surface area contributed by atoms with Gasteiger partial charge in [-0.3, -0.25) is 11.3 Å². The van der Waals surface area contributed by atoms with Crippen molar-refractivity contribution in [3.8, 4) is 0 Å². The summed E-state index contributed by atoms with van der Waals surface area (Å²) in [7, 11) is 0. The van der Waals surface area contributed by atoms with Gasteiger partial charge in [0, 0.05) is 6.04 Å². The van der Waals surface area contributed by atoms with E-state index in [0.717, 1.165) is 17.0 Å². The first-order valence-electron chi connectivity index (χ1n) is 6.84. The van der Waals surface area contributed by atoms with Crippen molar-refractivity contribution in [2.45, 2.75) is 45.6 Å². The number of hydrogen-bond acceptors (Lipinski definition) is 2. The largest absolute Gasteiger partial charge is 0.271 e. The van der Waals surface area contributed by atoms with Gasteiger partial charge in [0.25, 0.3) is 0 Å². The molecule has 18 heavy (non-hydrogen) atoms. The molecule has 100 valence electrons. The molecule has 3 N–H and O–H groups in total. The second kappa shape index (κ2) is 5.81. The van der Waals surface area contributed by atoms with E-state index < -0.39 is 0 Å². The van der Waals surface area contributed by atoms with Crippen molar-refractivity contribution < 1.29 is 4.39 Å². The van der Waals surface area contributed by atoms with Gasteiger partial charge in [-0.05, 0) is 54.9 Å². The summed E-state index contributed by atoms with van der Waals surface area (Å²) in [6.07, 6.45) is 4.90. The highest BCUT2D eigenvalue weighted by molar-refractivity contribution is 5.30. The lowest BCUT2D eigenvalue weighted by atomic mass is 9.76. The van der Waals surface area contributed by atoms with E-state index in [-0.39, 0.29) is 11.9 Å². The molecule has 1 aliphatic carbocycles. The third-order valence-electron chi connectivity index (χ3n) is 4.20. The van der Waals surface area contributed by atoms with Crippen LogP contribution in [0.25, 0.3) is 0 Å². The first-order valence-corrected chi connectivity index (χ1v) is 6.84. The fraction of sp³-hybridized carbons (Fsp3) is 0.600. The van der Waals surface area contributed by atoms with Crippen molar-refractivity contribution in [3.05, 3.63) is 35.1 Å². The molecule has 3 heteroatoms. The minimum atomic E-state index is -0.181. The molecule has 0 spiro atoms. The number of benzene rings is 1. The van der Waals surface area contributed by atoms with Crippen LogP contribution >= 0.6 is 0 Å². The first kappa shape index (κ1) is 13.5. The Kier molecular flexibility index (Phi) is 4.36. The van der Waals surface area contributed by atoms with Crippen LogP contribution in [-0.4, -0.2) is 0 Å². The third-order valence-corrected chi connectivity index (χ3v) is 4.20. The van der Waals surface area contributed by atoms with Crippen LogP contribution in [0.2, 0.25) is 0 Å². The van der Waals surface area contributed by atoms with E-state index in [2.05, 4.69) is 12.3 Å². The standard InChI is InChI=1S/C15H23FN2/c1-10-4-3-5-12(8-10)15(18-17)14-9-13(16)7-6-11(14)2/h6-7,9-10,12,15,18H,3-5,8,17H2,1-2H3. The van der Waals surface area contributed by atoms with Gasteiger partial charge in [-0.15, -0.1) is 0 Å². The van der Waals surface area contributed by atoms with Crippen LogP contribution in [0.15, 0.2) is 18.2 Å². The first-order chi connectivity index (χ1) is 8.61. The van der Waals surface area contributed by atoms with Crippen molar-refractivity contribution in [2.24, 2.45) is 17.7 Å². The predicted octanol–water partition coefficient (Wildman–Crippen LogP) is 3.46. The maximum atomic E-state index is 13.4. The molecule has 0 amide bonds. The minimum absolute atomic E-state index is 0.0726. The van der Waals surface area contributed by atoms with Crippen molar-refractivity contribution >= 4 is 0 Å². The molecule has 0 aliphatic heterocycles. The summed E-state index contributed by atoms with van der Waals surface area (Å²) in [5.41, 5.74) is 5.03. The fourth-order valence-electron chi connectivity index (χ4n) is 3.21. The quantitative estimate of drug-likeness (QED) is 0.637. The van der Waals surface area contributed by atoms with Crippen molar-refractivity contribution in [1.82, 2.24) is 5.43 Å². The maximum Gasteiger partial charge on any atom is 0.123 e. The third kappa shape index (κ3) is 2.90. The molecule has 0 bridgehead atoms. The molecule has 2 rings (SSSR count). The molecule has 1 aromatic carbocycles. The zero-order valence-corrected chi connectivity index (χ0v) is 11.2. The smallest absolute Gasteiger partial charge is 0.123 e. The molecule has 0 saturated heterocycles. The normalized spacial score (nSPS) is 26.0. The van der Waals surface area contributed by atoms with Gasteiger partial charge in [0.2, 0.25) is 0 Å². The van der Waals surface area contributed by atoms with Crippen LogP contribution in [-0.2, 0) is 0 Å². The van der Waals surface area contributed by atoms with Gasteiger partial charge in [0.15, 0.2) is 0 Å². The number of rotatable bonds is 3. The highest BCUT2D eigenvalue weighted by Crippen LogP contribution is 2.37. The lowest BCUT2D eigenvalue weighted by Gasteiger charge is -2.33. The summed E-state index contributed by atoms with van der Waals surface area (Å²) in [6.45, 7) is 4.31. The molecule has 2 nitrogen and oxygen atoms in total. The SMILES string of the molecule is Cc1ccc(F)cc1C(NN)C1CCCC(C)C1. The van der Waals surface area contributed by atoms with E-state index in [0.29, 0.717) is 5.92 Å². The summed E-state index contributed by atoms with van der Waals surface area (Å²) in [5.74, 6) is 6.80. The topological polar surface area (TPSA) is 38.0 Å². The Hall–Kier alpha value is -0.930. The summed E-state index contributed by atoms with van der Waals surface area (Å²) < 4.78 is 13.4. The highest BCUT2D eigenvalue weighted by Gasteiger charge is 2.28. The van der Waals surface area contributed by atoms with Gasteiger partial charge >= 0.3 is 0 Å². The Labute approximate surface area is 109 Å². The molecule has 0 heterocycles. The lowest BCUT2D eigenvalue weighted by molar-refractivity contribution is 0.224. The average Bonchev–Trinajstić information content (AvgIpc) is 2.35. The second-order valence-electron chi connectivity index (χ2n) is 5.68. The van der Waals surface area contributed by atoms with Crippen LogP contribution in [0, 0.1) is 24.6 Å². The van der Waals surface area contributed by atoms with E-state index in [1.54, 1.807) is 6.07 Å². The Morgan fingerprint density at radius 1 is 1.39 bits per heavy atom. The summed E-state index contributed by atoms with van der Waals surface area (Å²) in [6, 6.07) is 5.04. The van der Waals surface area contributed by atoms with Gasteiger partial charge in [0.05, 0.1) is 0 Å². The van der Waals surface area contributed by atoms with Crippen molar-refractivity contribution in [2.75, 3.05) is 0 Å². The molecule has 1 saturated carbocycles. The van der Waals surface area contributed by atoms with E-state index >= 15 is 0 Å². The monoisotopic (exact) mass is 250 g/mol. The van der Waals surface area contributed by atoms with E-state index in [1.165, 1.54) is 31.7 Å². The van der Waals surface area contributed by atoms with Gasteiger partial charge in [-0.2, -0.15) is 0 Å². The van der Waals surface area contributed by atoms with Crippen LogP contribution in [0.1, 0.15) is 49.8 Å². The zero-order valence-electron chi connectivity index (χ0n) is 11.2. The molecule has 1 aliphatic rings. The molecule has 3 unspecified atom stereocenters. The molecule has 0 aromatic heterocycles. The molecule has 1 aromatic rings. The second-order valence-corrected chi connectivity index (χ2v) is 5.68. The van der Waals surface area contributed by atoms with Crippen molar-refractivity contribution in [1.29, 1.82) is 0 Å². The molecule has 1 fully saturated rings. The number of hydrogen-bond donors (Lipinski definition) is 2. The van der Waals surface area contributed by atoms with Crippen LogP contribution in [0.3, 0.4) is 0 Å². The van der Waals surface area contributed by atoms with Gasteiger partial charge in [0.1, 0.15) is 5.82 Å². The molecular formula is C15H23FN2. The number of halogens is 1. The Morgan fingerprint density at radius 2 is 2.17 bits per heavy atom. The summed E-state index contributed by atoms with van der Waals surface area (Å²) in [4.78, 5) is 0. The number of nitrogens with one attached hydrogen (secondary N) is 1.